The van der Waals surface area contributed by atoms with Crippen molar-refractivity contribution in [3.63, 3.8) is 0 Å². The largest absolute Gasteiger partial charge is 0.393 e. The minimum atomic E-state index is -0.501. The molecule has 1 aromatic rings. The van der Waals surface area contributed by atoms with E-state index in [0.29, 0.717) is 5.41 Å². The molecule has 1 heterocycles. The zero-order chi connectivity index (χ0) is 16.3. The molecule has 3 rings (SSSR count). The Bertz CT molecular complexity index is 513. The maximum Gasteiger partial charge on any atom is 0.256 e. The van der Waals surface area contributed by atoms with Gasteiger partial charge in [0.1, 0.15) is 0 Å². The molecule has 126 valence electrons. The minimum absolute atomic E-state index is 0.0735. The molecule has 1 saturated heterocycles. The van der Waals surface area contributed by atoms with Crippen molar-refractivity contribution in [2.45, 2.75) is 50.7 Å². The molecular weight excluding hydrogens is 290 g/mol. The minimum Gasteiger partial charge on any atom is -0.393 e. The Kier molecular flexibility index (Phi) is 5.02. The Morgan fingerprint density at radius 3 is 2.35 bits per heavy atom. The number of benzene rings is 1. The Morgan fingerprint density at radius 2 is 1.78 bits per heavy atom. The number of ether oxygens (including phenoxy) is 1. The fourth-order valence-electron chi connectivity index (χ4n) is 4.09. The van der Waals surface area contributed by atoms with Gasteiger partial charge in [0.05, 0.1) is 6.10 Å². The van der Waals surface area contributed by atoms with Crippen molar-refractivity contribution >= 4 is 5.91 Å². The summed E-state index contributed by atoms with van der Waals surface area (Å²) in [5.74, 6) is 0.0735. The van der Waals surface area contributed by atoms with Crippen LogP contribution in [0.1, 0.15) is 50.2 Å². The van der Waals surface area contributed by atoms with E-state index < -0.39 is 6.10 Å². The first-order chi connectivity index (χ1) is 11.1. The summed E-state index contributed by atoms with van der Waals surface area (Å²) < 4.78 is 5.48. The highest BCUT2D eigenvalue weighted by Crippen LogP contribution is 2.44. The fourth-order valence-corrected chi connectivity index (χ4v) is 4.09. The van der Waals surface area contributed by atoms with Gasteiger partial charge in [-0.2, -0.15) is 0 Å². The van der Waals surface area contributed by atoms with Crippen molar-refractivity contribution in [2.75, 3.05) is 20.2 Å². The highest BCUT2D eigenvalue weighted by molar-refractivity contribution is 5.82. The quantitative estimate of drug-likeness (QED) is 0.932. The molecule has 2 aliphatic rings. The van der Waals surface area contributed by atoms with Crippen LogP contribution in [0.3, 0.4) is 0 Å². The summed E-state index contributed by atoms with van der Waals surface area (Å²) >= 11 is 0. The molecule has 1 amide bonds. The summed E-state index contributed by atoms with van der Waals surface area (Å²) in [5.41, 5.74) is 1.27. The van der Waals surface area contributed by atoms with Crippen LogP contribution in [0.2, 0.25) is 0 Å². The molecule has 1 N–H and O–H groups in total. The Hall–Kier alpha value is -1.39. The molecule has 1 aliphatic carbocycles. The third-order valence-corrected chi connectivity index (χ3v) is 5.71. The van der Waals surface area contributed by atoms with Crippen LogP contribution in [0.15, 0.2) is 30.3 Å². The molecule has 2 fully saturated rings. The van der Waals surface area contributed by atoms with Gasteiger partial charge in [-0.3, -0.25) is 4.79 Å². The van der Waals surface area contributed by atoms with E-state index >= 15 is 0 Å². The van der Waals surface area contributed by atoms with Crippen molar-refractivity contribution in [1.29, 1.82) is 0 Å². The number of piperidine rings is 1. The van der Waals surface area contributed by atoms with Crippen LogP contribution in [-0.4, -0.2) is 42.2 Å². The van der Waals surface area contributed by atoms with E-state index in [0.717, 1.165) is 57.2 Å². The van der Waals surface area contributed by atoms with Gasteiger partial charge >= 0.3 is 0 Å². The summed E-state index contributed by atoms with van der Waals surface area (Å²) in [4.78, 5) is 14.8. The van der Waals surface area contributed by atoms with Crippen molar-refractivity contribution in [1.82, 2.24) is 4.90 Å². The number of amides is 1. The summed E-state index contributed by atoms with van der Waals surface area (Å²) in [7, 11) is 1.60. The maximum atomic E-state index is 12.8. The number of aliphatic hydroxyl groups excluding tert-OH is 1. The lowest BCUT2D eigenvalue weighted by molar-refractivity contribution is -0.145. The van der Waals surface area contributed by atoms with E-state index in [2.05, 4.69) is 0 Å². The monoisotopic (exact) mass is 317 g/mol. The van der Waals surface area contributed by atoms with E-state index in [1.165, 1.54) is 0 Å². The number of rotatable bonds is 3. The summed E-state index contributed by atoms with van der Waals surface area (Å²) in [6.07, 6.45) is 5.52. The number of carbonyl (C=O) groups excluding carboxylic acids is 1. The fraction of sp³-hybridized carbons (Fsp3) is 0.632. The van der Waals surface area contributed by atoms with E-state index in [9.17, 15) is 9.90 Å². The first kappa shape index (κ1) is 16.5. The second-order valence-corrected chi connectivity index (χ2v) is 7.08. The number of aliphatic hydroxyl groups is 1. The lowest BCUT2D eigenvalue weighted by Crippen LogP contribution is -2.46. The second kappa shape index (κ2) is 7.02. The molecule has 23 heavy (non-hydrogen) atoms. The molecule has 4 nitrogen and oxygen atoms in total. The highest BCUT2D eigenvalue weighted by atomic mass is 16.5. The SMILES string of the molecule is CO[C@@H](C(=O)N1CCC2(CCC(O)CC2)CC1)c1ccccc1. The molecule has 1 saturated carbocycles. The van der Waals surface area contributed by atoms with Gasteiger partial charge in [-0.05, 0) is 49.5 Å². The van der Waals surface area contributed by atoms with E-state index in [4.69, 9.17) is 4.74 Å². The molecule has 0 aromatic heterocycles. The van der Waals surface area contributed by atoms with Crippen molar-refractivity contribution in [3.8, 4) is 0 Å². The van der Waals surface area contributed by atoms with Crippen LogP contribution in [0.25, 0.3) is 0 Å². The average molecular weight is 317 g/mol. The first-order valence-electron chi connectivity index (χ1n) is 8.68. The summed E-state index contributed by atoms with van der Waals surface area (Å²) in [5, 5.41) is 9.71. The molecule has 1 spiro atoms. The number of hydrogen-bond donors (Lipinski definition) is 1. The predicted octanol–water partition coefficient (Wildman–Crippen LogP) is 2.92. The standard InChI is InChI=1S/C19H27NO3/c1-23-17(15-5-3-2-4-6-15)18(22)20-13-11-19(12-14-20)9-7-16(21)8-10-19/h2-6,16-17,21H,7-14H2,1H3/t17-/m1/s1. The first-order valence-corrected chi connectivity index (χ1v) is 8.68. The number of likely N-dealkylation sites (tertiary alicyclic amines) is 1. The number of methoxy groups -OCH3 is 1. The van der Waals surface area contributed by atoms with Gasteiger partial charge in [-0.1, -0.05) is 30.3 Å². The second-order valence-electron chi connectivity index (χ2n) is 7.08. The molecule has 1 aliphatic heterocycles. The van der Waals surface area contributed by atoms with E-state index in [1.807, 2.05) is 35.2 Å². The molecule has 0 bridgehead atoms. The molecular formula is C19H27NO3. The highest BCUT2D eigenvalue weighted by Gasteiger charge is 2.39. The number of carbonyl (C=O) groups is 1. The molecule has 4 heteroatoms. The maximum absolute atomic E-state index is 12.8. The predicted molar refractivity (Wildman–Crippen MR) is 88.9 cm³/mol. The number of hydrogen-bond acceptors (Lipinski definition) is 3. The van der Waals surface area contributed by atoms with Crippen molar-refractivity contribution in [2.24, 2.45) is 5.41 Å². The Morgan fingerprint density at radius 1 is 1.17 bits per heavy atom. The molecule has 0 radical (unpaired) electrons. The Labute approximate surface area is 138 Å². The van der Waals surface area contributed by atoms with Gasteiger partial charge in [-0.25, -0.2) is 0 Å². The van der Waals surface area contributed by atoms with Gasteiger partial charge < -0.3 is 14.7 Å². The van der Waals surface area contributed by atoms with Crippen molar-refractivity contribution < 1.29 is 14.6 Å². The van der Waals surface area contributed by atoms with Gasteiger partial charge in [0, 0.05) is 20.2 Å². The zero-order valence-corrected chi connectivity index (χ0v) is 13.9. The lowest BCUT2D eigenvalue weighted by Gasteiger charge is -2.45. The van der Waals surface area contributed by atoms with Gasteiger partial charge in [0.2, 0.25) is 0 Å². The van der Waals surface area contributed by atoms with Gasteiger partial charge in [0.15, 0.2) is 6.10 Å². The van der Waals surface area contributed by atoms with Crippen LogP contribution in [0.4, 0.5) is 0 Å². The van der Waals surface area contributed by atoms with Crippen LogP contribution in [-0.2, 0) is 9.53 Å². The normalized spacial score (nSPS) is 23.0. The van der Waals surface area contributed by atoms with Crippen molar-refractivity contribution in [3.05, 3.63) is 35.9 Å². The van der Waals surface area contributed by atoms with E-state index in [-0.39, 0.29) is 12.0 Å². The van der Waals surface area contributed by atoms with Crippen LogP contribution >= 0.6 is 0 Å². The van der Waals surface area contributed by atoms with Gasteiger partial charge in [-0.15, -0.1) is 0 Å². The third kappa shape index (κ3) is 3.59. The van der Waals surface area contributed by atoms with Crippen LogP contribution in [0.5, 0.6) is 0 Å². The van der Waals surface area contributed by atoms with Gasteiger partial charge in [0.25, 0.3) is 5.91 Å². The zero-order valence-electron chi connectivity index (χ0n) is 13.9. The lowest BCUT2D eigenvalue weighted by atomic mass is 9.67. The average Bonchev–Trinajstić information content (AvgIpc) is 2.60. The summed E-state index contributed by atoms with van der Waals surface area (Å²) in [6.45, 7) is 1.61. The Balaban J connectivity index is 1.61. The number of nitrogens with zero attached hydrogens (tertiary/aromatic N) is 1. The molecule has 0 unspecified atom stereocenters. The molecule has 1 aromatic carbocycles. The van der Waals surface area contributed by atoms with E-state index in [1.54, 1.807) is 7.11 Å². The smallest absolute Gasteiger partial charge is 0.256 e. The topological polar surface area (TPSA) is 49.8 Å². The summed E-state index contributed by atoms with van der Waals surface area (Å²) in [6, 6.07) is 9.71. The van der Waals surface area contributed by atoms with Crippen LogP contribution in [0, 0.1) is 5.41 Å². The third-order valence-electron chi connectivity index (χ3n) is 5.71. The van der Waals surface area contributed by atoms with Crippen LogP contribution < -0.4 is 0 Å². The molecule has 1 atom stereocenters.